The third-order valence-corrected chi connectivity index (χ3v) is 3.23. The molecule has 3 heteroatoms. The van der Waals surface area contributed by atoms with Crippen molar-refractivity contribution in [1.82, 2.24) is 0 Å². The maximum absolute atomic E-state index is 9.49. The van der Waals surface area contributed by atoms with Crippen molar-refractivity contribution in [3.05, 3.63) is 35.9 Å². The van der Waals surface area contributed by atoms with E-state index >= 15 is 0 Å². The number of fused-ring (bicyclic) bond motifs is 1. The molecule has 0 unspecified atom stereocenters. The van der Waals surface area contributed by atoms with E-state index in [0.29, 0.717) is 18.2 Å². The smallest absolute Gasteiger partial charge is 0.123 e. The highest BCUT2D eigenvalue weighted by atomic mass is 35.5. The molecule has 2 aromatic rings. The Morgan fingerprint density at radius 3 is 2.78 bits per heavy atom. The predicted molar refractivity (Wildman–Crippen MR) is 75.8 cm³/mol. The van der Waals surface area contributed by atoms with Gasteiger partial charge in [0.1, 0.15) is 11.5 Å². The fourth-order valence-electron chi connectivity index (χ4n) is 2.10. The van der Waals surface area contributed by atoms with Crippen molar-refractivity contribution in [2.75, 3.05) is 12.5 Å². The maximum atomic E-state index is 9.49. The van der Waals surface area contributed by atoms with Gasteiger partial charge in [0.2, 0.25) is 0 Å². The number of aromatic hydroxyl groups is 1. The average molecular weight is 265 g/mol. The number of rotatable bonds is 5. The van der Waals surface area contributed by atoms with Crippen molar-refractivity contribution in [2.24, 2.45) is 0 Å². The van der Waals surface area contributed by atoms with Crippen LogP contribution in [-0.4, -0.2) is 17.6 Å². The molecule has 0 aromatic heterocycles. The molecule has 2 nitrogen and oxygen atoms in total. The van der Waals surface area contributed by atoms with E-state index in [-0.39, 0.29) is 0 Å². The van der Waals surface area contributed by atoms with E-state index in [1.54, 1.807) is 12.1 Å². The molecule has 2 aromatic carbocycles. The number of hydrogen-bond donors (Lipinski definition) is 1. The first-order valence-electron chi connectivity index (χ1n) is 6.19. The Bertz CT molecular complexity index is 537. The molecule has 0 aliphatic heterocycles. The summed E-state index contributed by atoms with van der Waals surface area (Å²) in [4.78, 5) is 0. The van der Waals surface area contributed by atoms with Gasteiger partial charge >= 0.3 is 0 Å². The minimum Gasteiger partial charge on any atom is -0.508 e. The number of ether oxygens (including phenoxy) is 1. The van der Waals surface area contributed by atoms with Gasteiger partial charge < -0.3 is 9.84 Å². The molecular weight excluding hydrogens is 248 g/mol. The summed E-state index contributed by atoms with van der Waals surface area (Å²) in [5, 5.41) is 11.7. The van der Waals surface area contributed by atoms with Crippen LogP contribution in [-0.2, 0) is 6.42 Å². The monoisotopic (exact) mass is 264 g/mol. The predicted octanol–water partition coefficient (Wildman–Crippen LogP) is 4.12. The van der Waals surface area contributed by atoms with Crippen LogP contribution in [0.1, 0.15) is 18.9 Å². The van der Waals surface area contributed by atoms with Gasteiger partial charge in [-0.2, -0.15) is 0 Å². The molecule has 0 aliphatic carbocycles. The fourth-order valence-corrected chi connectivity index (χ4v) is 2.21. The molecule has 0 atom stereocenters. The summed E-state index contributed by atoms with van der Waals surface area (Å²) in [6.07, 6.45) is 1.75. The van der Waals surface area contributed by atoms with Gasteiger partial charge in [0.15, 0.2) is 0 Å². The van der Waals surface area contributed by atoms with E-state index in [2.05, 4.69) is 6.92 Å². The quantitative estimate of drug-likeness (QED) is 0.650. The second kappa shape index (κ2) is 5.96. The number of phenolic OH excluding ortho intramolecular Hbond substituents is 1. The van der Waals surface area contributed by atoms with Crippen LogP contribution in [0.2, 0.25) is 0 Å². The van der Waals surface area contributed by atoms with Crippen molar-refractivity contribution >= 4 is 22.4 Å². The van der Waals surface area contributed by atoms with Gasteiger partial charge in [-0.25, -0.2) is 0 Å². The molecule has 18 heavy (non-hydrogen) atoms. The topological polar surface area (TPSA) is 29.5 Å². The summed E-state index contributed by atoms with van der Waals surface area (Å²) < 4.78 is 5.76. The Hall–Kier alpha value is -1.41. The Labute approximate surface area is 112 Å². The molecule has 0 aliphatic rings. The summed E-state index contributed by atoms with van der Waals surface area (Å²) in [7, 11) is 0. The van der Waals surface area contributed by atoms with Gasteiger partial charge in [-0.1, -0.05) is 19.1 Å². The maximum Gasteiger partial charge on any atom is 0.123 e. The summed E-state index contributed by atoms with van der Waals surface area (Å²) in [5.74, 6) is 1.82. The SMILES string of the molecule is CCc1c(OCCCCl)ccc2cc(O)ccc12. The van der Waals surface area contributed by atoms with Crippen molar-refractivity contribution in [3.8, 4) is 11.5 Å². The Balaban J connectivity index is 2.39. The Kier molecular flexibility index (Phi) is 4.32. The second-order valence-corrected chi connectivity index (χ2v) is 4.57. The number of alkyl halides is 1. The second-order valence-electron chi connectivity index (χ2n) is 4.19. The molecule has 0 amide bonds. The van der Waals surface area contributed by atoms with E-state index in [1.165, 1.54) is 5.56 Å². The van der Waals surface area contributed by atoms with E-state index in [4.69, 9.17) is 16.3 Å². The van der Waals surface area contributed by atoms with Crippen LogP contribution in [0.15, 0.2) is 30.3 Å². The molecule has 2 rings (SSSR count). The van der Waals surface area contributed by atoms with Crippen molar-refractivity contribution in [2.45, 2.75) is 19.8 Å². The van der Waals surface area contributed by atoms with Gasteiger partial charge in [-0.15, -0.1) is 11.6 Å². The largest absolute Gasteiger partial charge is 0.508 e. The number of halogens is 1. The molecule has 0 saturated carbocycles. The van der Waals surface area contributed by atoms with Crippen molar-refractivity contribution < 1.29 is 9.84 Å². The Morgan fingerprint density at radius 1 is 1.22 bits per heavy atom. The molecule has 96 valence electrons. The lowest BCUT2D eigenvalue weighted by Crippen LogP contribution is -2.01. The van der Waals surface area contributed by atoms with Crippen LogP contribution >= 0.6 is 11.6 Å². The number of benzene rings is 2. The normalized spacial score (nSPS) is 10.8. The molecule has 0 heterocycles. The molecule has 0 spiro atoms. The van der Waals surface area contributed by atoms with Crippen LogP contribution in [0.5, 0.6) is 11.5 Å². The number of phenols is 1. The minimum atomic E-state index is 0.292. The number of hydrogen-bond acceptors (Lipinski definition) is 2. The number of aryl methyl sites for hydroxylation is 1. The van der Waals surface area contributed by atoms with Gasteiger partial charge in [-0.05, 0) is 41.8 Å². The first-order valence-corrected chi connectivity index (χ1v) is 6.73. The highest BCUT2D eigenvalue weighted by molar-refractivity contribution is 6.17. The summed E-state index contributed by atoms with van der Waals surface area (Å²) in [6.45, 7) is 2.75. The molecule has 0 bridgehead atoms. The lowest BCUT2D eigenvalue weighted by molar-refractivity contribution is 0.316. The fraction of sp³-hybridized carbons (Fsp3) is 0.333. The first kappa shape index (κ1) is 13.0. The van der Waals surface area contributed by atoms with E-state index in [9.17, 15) is 5.11 Å². The van der Waals surface area contributed by atoms with E-state index in [1.807, 2.05) is 18.2 Å². The highest BCUT2D eigenvalue weighted by Crippen LogP contribution is 2.30. The first-order chi connectivity index (χ1) is 8.76. The van der Waals surface area contributed by atoms with Crippen LogP contribution < -0.4 is 4.74 Å². The third kappa shape index (κ3) is 2.70. The molecule has 0 saturated heterocycles. The molecule has 0 fully saturated rings. The van der Waals surface area contributed by atoms with E-state index in [0.717, 1.165) is 29.4 Å². The lowest BCUT2D eigenvalue weighted by atomic mass is 10.0. The molecule has 0 radical (unpaired) electrons. The zero-order valence-electron chi connectivity index (χ0n) is 10.4. The highest BCUT2D eigenvalue weighted by Gasteiger charge is 2.07. The minimum absolute atomic E-state index is 0.292. The van der Waals surface area contributed by atoms with Crippen molar-refractivity contribution in [3.63, 3.8) is 0 Å². The standard InChI is InChI=1S/C15H17ClO2/c1-2-13-14-6-5-12(17)10-11(14)4-7-15(13)18-9-3-8-16/h4-7,10,17H,2-3,8-9H2,1H3. The third-order valence-electron chi connectivity index (χ3n) is 2.96. The summed E-state index contributed by atoms with van der Waals surface area (Å²) in [5.41, 5.74) is 1.18. The zero-order chi connectivity index (χ0) is 13.0. The summed E-state index contributed by atoms with van der Waals surface area (Å²) in [6, 6.07) is 9.37. The van der Waals surface area contributed by atoms with Crippen molar-refractivity contribution in [1.29, 1.82) is 0 Å². The van der Waals surface area contributed by atoms with Gasteiger partial charge in [0.25, 0.3) is 0 Å². The van der Waals surface area contributed by atoms with Crippen LogP contribution in [0, 0.1) is 0 Å². The average Bonchev–Trinajstić information content (AvgIpc) is 2.38. The summed E-state index contributed by atoms with van der Waals surface area (Å²) >= 11 is 5.65. The van der Waals surface area contributed by atoms with Gasteiger partial charge in [0, 0.05) is 11.4 Å². The molecular formula is C15H17ClO2. The Morgan fingerprint density at radius 2 is 2.06 bits per heavy atom. The van der Waals surface area contributed by atoms with Gasteiger partial charge in [0.05, 0.1) is 6.61 Å². The van der Waals surface area contributed by atoms with Crippen LogP contribution in [0.25, 0.3) is 10.8 Å². The van der Waals surface area contributed by atoms with E-state index < -0.39 is 0 Å². The van der Waals surface area contributed by atoms with Gasteiger partial charge in [-0.3, -0.25) is 0 Å². The lowest BCUT2D eigenvalue weighted by Gasteiger charge is -2.13. The van der Waals surface area contributed by atoms with Crippen LogP contribution in [0.3, 0.4) is 0 Å². The zero-order valence-corrected chi connectivity index (χ0v) is 11.2. The molecule has 1 N–H and O–H groups in total. The van der Waals surface area contributed by atoms with Crippen LogP contribution in [0.4, 0.5) is 0 Å².